The molecule has 0 bridgehead atoms. The molecule has 1 saturated carbocycles. The van der Waals surface area contributed by atoms with Crippen molar-refractivity contribution in [2.45, 2.75) is 24.9 Å². The number of nitrogens with zero attached hydrogens (tertiary/aromatic N) is 1. The number of hydrogen-bond acceptors (Lipinski definition) is 3. The summed E-state index contributed by atoms with van der Waals surface area (Å²) in [5, 5.41) is 3.02. The molecule has 0 aliphatic heterocycles. The maximum atomic E-state index is 13.3. The number of anilines is 1. The third-order valence-corrected chi connectivity index (χ3v) is 2.76. The Morgan fingerprint density at radius 1 is 1.57 bits per heavy atom. The van der Waals surface area contributed by atoms with Gasteiger partial charge in [0.15, 0.2) is 11.6 Å². The Hall–Kier alpha value is -0.680. The minimum atomic E-state index is -0.333. The van der Waals surface area contributed by atoms with Gasteiger partial charge in [0.25, 0.3) is 0 Å². The summed E-state index contributed by atoms with van der Waals surface area (Å²) in [6.45, 7) is 0. The summed E-state index contributed by atoms with van der Waals surface area (Å²) in [5.74, 6) is -0.0232. The number of halogens is 2. The molecule has 1 heterocycles. The Labute approximate surface area is 90.0 Å². The fraction of sp³-hybridized carbons (Fsp3) is 0.444. The molecule has 5 heteroatoms. The molecule has 1 fully saturated rings. The van der Waals surface area contributed by atoms with E-state index in [2.05, 4.69) is 26.2 Å². The highest BCUT2D eigenvalue weighted by Gasteiger charge is 2.26. The van der Waals surface area contributed by atoms with Crippen LogP contribution in [0.25, 0.3) is 0 Å². The number of pyridine rings is 1. The average molecular weight is 260 g/mol. The second-order valence-electron chi connectivity index (χ2n) is 3.56. The normalized spacial score (nSPS) is 25.6. The first kappa shape index (κ1) is 9.86. The molecule has 3 N–H and O–H groups in total. The molecule has 0 atom stereocenters. The van der Waals surface area contributed by atoms with Crippen LogP contribution in [-0.4, -0.2) is 17.1 Å². The van der Waals surface area contributed by atoms with Gasteiger partial charge in [0.05, 0.1) is 0 Å². The molecule has 0 radical (unpaired) electrons. The van der Waals surface area contributed by atoms with E-state index in [1.54, 1.807) is 6.20 Å². The summed E-state index contributed by atoms with van der Waals surface area (Å²) in [6, 6.07) is 1.92. The van der Waals surface area contributed by atoms with Gasteiger partial charge in [-0.15, -0.1) is 0 Å². The van der Waals surface area contributed by atoms with Gasteiger partial charge in [-0.3, -0.25) is 0 Å². The molecule has 2 rings (SSSR count). The van der Waals surface area contributed by atoms with Crippen LogP contribution in [0.15, 0.2) is 16.7 Å². The molecule has 1 aromatic rings. The van der Waals surface area contributed by atoms with E-state index < -0.39 is 0 Å². The number of aromatic nitrogens is 1. The SMILES string of the molecule is NC1CC(Nc2ncc(Br)cc2F)C1. The Bertz CT molecular complexity index is 339. The largest absolute Gasteiger partial charge is 0.365 e. The second-order valence-corrected chi connectivity index (χ2v) is 4.47. The van der Waals surface area contributed by atoms with Crippen molar-refractivity contribution in [2.24, 2.45) is 5.73 Å². The molecule has 0 aromatic carbocycles. The molecule has 14 heavy (non-hydrogen) atoms. The van der Waals surface area contributed by atoms with Gasteiger partial charge in [0.2, 0.25) is 0 Å². The molecular weight excluding hydrogens is 249 g/mol. The van der Waals surface area contributed by atoms with Crippen molar-refractivity contribution in [3.63, 3.8) is 0 Å². The van der Waals surface area contributed by atoms with Gasteiger partial charge in [-0.2, -0.15) is 0 Å². The van der Waals surface area contributed by atoms with Crippen LogP contribution in [0.4, 0.5) is 10.2 Å². The number of rotatable bonds is 2. The summed E-state index contributed by atoms with van der Waals surface area (Å²) in [6.07, 6.45) is 3.35. The zero-order valence-electron chi connectivity index (χ0n) is 7.50. The van der Waals surface area contributed by atoms with Crippen LogP contribution >= 0.6 is 15.9 Å². The Balaban J connectivity index is 2.02. The summed E-state index contributed by atoms with van der Waals surface area (Å²) >= 11 is 3.15. The maximum absolute atomic E-state index is 13.3. The van der Waals surface area contributed by atoms with Crippen molar-refractivity contribution in [3.05, 3.63) is 22.6 Å². The standard InChI is InChI=1S/C9H11BrFN3/c10-5-1-8(11)9(13-4-5)14-7-2-6(12)3-7/h1,4,6-7H,2-3,12H2,(H,13,14). The van der Waals surface area contributed by atoms with Crippen molar-refractivity contribution in [3.8, 4) is 0 Å². The first-order chi connectivity index (χ1) is 6.65. The molecule has 0 unspecified atom stereocenters. The van der Waals surface area contributed by atoms with E-state index in [4.69, 9.17) is 5.73 Å². The molecule has 3 nitrogen and oxygen atoms in total. The number of hydrogen-bond donors (Lipinski definition) is 2. The third-order valence-electron chi connectivity index (χ3n) is 2.32. The number of nitrogens with two attached hydrogens (primary N) is 1. The Morgan fingerprint density at radius 3 is 2.86 bits per heavy atom. The van der Waals surface area contributed by atoms with Gasteiger partial charge in [-0.25, -0.2) is 9.37 Å². The minimum Gasteiger partial charge on any atom is -0.365 e. The molecule has 0 spiro atoms. The van der Waals surface area contributed by atoms with Gasteiger partial charge in [0.1, 0.15) is 0 Å². The van der Waals surface area contributed by atoms with Crippen molar-refractivity contribution >= 4 is 21.7 Å². The van der Waals surface area contributed by atoms with Crippen LogP contribution in [-0.2, 0) is 0 Å². The molecule has 1 aromatic heterocycles. The lowest BCUT2D eigenvalue weighted by atomic mass is 9.88. The van der Waals surface area contributed by atoms with Crippen molar-refractivity contribution in [2.75, 3.05) is 5.32 Å². The summed E-state index contributed by atoms with van der Waals surface area (Å²) in [4.78, 5) is 3.95. The van der Waals surface area contributed by atoms with E-state index in [9.17, 15) is 4.39 Å². The lowest BCUT2D eigenvalue weighted by Gasteiger charge is -2.33. The highest BCUT2D eigenvalue weighted by molar-refractivity contribution is 9.10. The lowest BCUT2D eigenvalue weighted by molar-refractivity contribution is 0.371. The van der Waals surface area contributed by atoms with Crippen molar-refractivity contribution in [1.29, 1.82) is 0 Å². The summed E-state index contributed by atoms with van der Waals surface area (Å²) in [5.41, 5.74) is 5.62. The highest BCUT2D eigenvalue weighted by atomic mass is 79.9. The predicted octanol–water partition coefficient (Wildman–Crippen LogP) is 1.88. The minimum absolute atomic E-state index is 0.256. The van der Waals surface area contributed by atoms with Crippen LogP contribution in [0.5, 0.6) is 0 Å². The van der Waals surface area contributed by atoms with Gasteiger partial charge in [-0.1, -0.05) is 0 Å². The van der Waals surface area contributed by atoms with E-state index in [1.807, 2.05) is 0 Å². The van der Waals surface area contributed by atoms with E-state index in [0.29, 0.717) is 10.3 Å². The zero-order chi connectivity index (χ0) is 10.1. The fourth-order valence-corrected chi connectivity index (χ4v) is 1.80. The van der Waals surface area contributed by atoms with E-state index in [1.165, 1.54) is 6.07 Å². The second kappa shape index (κ2) is 3.82. The average Bonchev–Trinajstić information content (AvgIpc) is 2.06. The molecule has 0 amide bonds. The first-order valence-electron chi connectivity index (χ1n) is 4.48. The van der Waals surface area contributed by atoms with E-state index in [-0.39, 0.29) is 17.9 Å². The lowest BCUT2D eigenvalue weighted by Crippen LogP contribution is -2.44. The first-order valence-corrected chi connectivity index (χ1v) is 5.27. The molecule has 0 saturated heterocycles. The predicted molar refractivity (Wildman–Crippen MR) is 56.5 cm³/mol. The van der Waals surface area contributed by atoms with Crippen LogP contribution in [0.3, 0.4) is 0 Å². The smallest absolute Gasteiger partial charge is 0.166 e. The Kier molecular flexibility index (Phi) is 2.69. The van der Waals surface area contributed by atoms with Gasteiger partial charge in [0, 0.05) is 22.8 Å². The van der Waals surface area contributed by atoms with Crippen LogP contribution in [0.1, 0.15) is 12.8 Å². The third kappa shape index (κ3) is 2.04. The number of nitrogens with one attached hydrogen (secondary N) is 1. The van der Waals surface area contributed by atoms with E-state index >= 15 is 0 Å². The molecule has 1 aliphatic carbocycles. The summed E-state index contributed by atoms with van der Waals surface area (Å²) < 4.78 is 13.9. The van der Waals surface area contributed by atoms with Crippen LogP contribution < -0.4 is 11.1 Å². The fourth-order valence-electron chi connectivity index (χ4n) is 1.49. The molecule has 1 aliphatic rings. The molecule has 76 valence electrons. The molecular formula is C9H11BrFN3. The van der Waals surface area contributed by atoms with Gasteiger partial charge < -0.3 is 11.1 Å². The topological polar surface area (TPSA) is 50.9 Å². The van der Waals surface area contributed by atoms with Crippen LogP contribution in [0, 0.1) is 5.82 Å². The summed E-state index contributed by atoms with van der Waals surface area (Å²) in [7, 11) is 0. The van der Waals surface area contributed by atoms with Crippen molar-refractivity contribution < 1.29 is 4.39 Å². The maximum Gasteiger partial charge on any atom is 0.166 e. The van der Waals surface area contributed by atoms with Gasteiger partial charge >= 0.3 is 0 Å². The monoisotopic (exact) mass is 259 g/mol. The highest BCUT2D eigenvalue weighted by Crippen LogP contribution is 2.24. The van der Waals surface area contributed by atoms with E-state index in [0.717, 1.165) is 12.8 Å². The zero-order valence-corrected chi connectivity index (χ0v) is 9.09. The van der Waals surface area contributed by atoms with Crippen LogP contribution in [0.2, 0.25) is 0 Å². The quantitative estimate of drug-likeness (QED) is 0.853. The van der Waals surface area contributed by atoms with Gasteiger partial charge in [-0.05, 0) is 34.8 Å². The van der Waals surface area contributed by atoms with Crippen molar-refractivity contribution in [1.82, 2.24) is 4.98 Å². The Morgan fingerprint density at radius 2 is 2.29 bits per heavy atom.